The Labute approximate surface area is 161 Å². The Bertz CT molecular complexity index is 725. The number of rotatable bonds is 7. The molecule has 1 fully saturated rings. The van der Waals surface area contributed by atoms with E-state index >= 15 is 0 Å². The van der Waals surface area contributed by atoms with Gasteiger partial charge in [0.05, 0.1) is 0 Å². The van der Waals surface area contributed by atoms with E-state index in [0.29, 0.717) is 23.7 Å². The van der Waals surface area contributed by atoms with E-state index in [9.17, 15) is 4.79 Å². The van der Waals surface area contributed by atoms with Crippen molar-refractivity contribution in [3.63, 3.8) is 0 Å². The number of nitrogens with zero attached hydrogens (tertiary/aromatic N) is 2. The van der Waals surface area contributed by atoms with Crippen molar-refractivity contribution in [2.45, 2.75) is 26.7 Å². The third-order valence-electron chi connectivity index (χ3n) is 4.85. The van der Waals surface area contributed by atoms with Crippen molar-refractivity contribution < 1.29 is 9.53 Å². The van der Waals surface area contributed by atoms with Gasteiger partial charge in [0.2, 0.25) is 5.88 Å². The van der Waals surface area contributed by atoms with Gasteiger partial charge in [0, 0.05) is 25.8 Å². The normalized spacial score (nSPS) is 20.2. The second kappa shape index (κ2) is 9.51. The second-order valence-corrected chi connectivity index (χ2v) is 7.59. The number of ether oxygens (including phenoxy) is 1. The monoisotopic (exact) mass is 367 g/mol. The van der Waals surface area contributed by atoms with E-state index in [4.69, 9.17) is 4.74 Å². The van der Waals surface area contributed by atoms with Gasteiger partial charge in [-0.25, -0.2) is 4.98 Å². The maximum absolute atomic E-state index is 12.6. The van der Waals surface area contributed by atoms with Crippen LogP contribution in [0.5, 0.6) is 11.6 Å². The number of carbonyl (C=O) groups is 1. The van der Waals surface area contributed by atoms with Crippen molar-refractivity contribution in [3.05, 3.63) is 54.2 Å². The molecule has 1 saturated heterocycles. The highest BCUT2D eigenvalue weighted by Gasteiger charge is 2.21. The first-order chi connectivity index (χ1) is 13.1. The standard InChI is InChI=1S/C22H29N3O2/c1-17-14-18(2)16-25(15-17)13-7-12-23-21(26)20-10-6-11-24-22(20)27-19-8-4-3-5-9-19/h3-6,8-11,17-18H,7,12-16H2,1-2H3,(H,23,26). The molecule has 1 aliphatic rings. The third-order valence-corrected chi connectivity index (χ3v) is 4.85. The molecule has 1 amide bonds. The number of aromatic nitrogens is 1. The first kappa shape index (κ1) is 19.4. The topological polar surface area (TPSA) is 54.5 Å². The fourth-order valence-electron chi connectivity index (χ4n) is 3.82. The fraction of sp³-hybridized carbons (Fsp3) is 0.455. The van der Waals surface area contributed by atoms with Gasteiger partial charge in [-0.1, -0.05) is 32.0 Å². The molecule has 2 unspecified atom stereocenters. The number of benzene rings is 1. The Morgan fingerprint density at radius 2 is 1.89 bits per heavy atom. The molecule has 27 heavy (non-hydrogen) atoms. The molecule has 2 heterocycles. The summed E-state index contributed by atoms with van der Waals surface area (Å²) in [5, 5.41) is 3.00. The number of nitrogens with one attached hydrogen (secondary N) is 1. The lowest BCUT2D eigenvalue weighted by molar-refractivity contribution is 0.0944. The minimum Gasteiger partial charge on any atom is -0.438 e. The van der Waals surface area contributed by atoms with Crippen LogP contribution in [-0.4, -0.2) is 42.0 Å². The molecule has 0 saturated carbocycles. The molecule has 0 spiro atoms. The molecule has 1 N–H and O–H groups in total. The number of hydrogen-bond acceptors (Lipinski definition) is 4. The minimum absolute atomic E-state index is 0.144. The summed E-state index contributed by atoms with van der Waals surface area (Å²) in [6.07, 6.45) is 3.90. The Morgan fingerprint density at radius 3 is 2.63 bits per heavy atom. The lowest BCUT2D eigenvalue weighted by Gasteiger charge is -2.34. The van der Waals surface area contributed by atoms with Crippen LogP contribution < -0.4 is 10.1 Å². The van der Waals surface area contributed by atoms with Crippen LogP contribution in [-0.2, 0) is 0 Å². The molecule has 1 aromatic heterocycles. The summed E-state index contributed by atoms with van der Waals surface area (Å²) in [5.74, 6) is 2.38. The molecule has 1 aromatic carbocycles. The van der Waals surface area contributed by atoms with Crippen molar-refractivity contribution in [1.82, 2.24) is 15.2 Å². The maximum Gasteiger partial charge on any atom is 0.256 e. The van der Waals surface area contributed by atoms with Gasteiger partial charge in [-0.05, 0) is 55.5 Å². The zero-order chi connectivity index (χ0) is 19.1. The van der Waals surface area contributed by atoms with E-state index in [0.717, 1.165) is 37.9 Å². The maximum atomic E-state index is 12.6. The summed E-state index contributed by atoms with van der Waals surface area (Å²) in [4.78, 5) is 19.3. The van der Waals surface area contributed by atoms with Gasteiger partial charge in [0.1, 0.15) is 11.3 Å². The van der Waals surface area contributed by atoms with E-state index < -0.39 is 0 Å². The number of amides is 1. The van der Waals surface area contributed by atoms with Crippen LogP contribution in [0.15, 0.2) is 48.7 Å². The predicted molar refractivity (Wildman–Crippen MR) is 107 cm³/mol. The molecule has 5 heteroatoms. The van der Waals surface area contributed by atoms with E-state index in [1.165, 1.54) is 6.42 Å². The average Bonchev–Trinajstić information content (AvgIpc) is 2.65. The number of para-hydroxylation sites is 1. The van der Waals surface area contributed by atoms with Gasteiger partial charge in [0.15, 0.2) is 0 Å². The molecule has 0 bridgehead atoms. The smallest absolute Gasteiger partial charge is 0.256 e. The average molecular weight is 367 g/mol. The number of piperidine rings is 1. The highest BCUT2D eigenvalue weighted by molar-refractivity contribution is 5.96. The third kappa shape index (κ3) is 5.79. The van der Waals surface area contributed by atoms with Gasteiger partial charge in [-0.2, -0.15) is 0 Å². The van der Waals surface area contributed by atoms with Crippen LogP contribution >= 0.6 is 0 Å². The molecule has 144 valence electrons. The van der Waals surface area contributed by atoms with Crippen LogP contribution in [0.1, 0.15) is 37.0 Å². The van der Waals surface area contributed by atoms with Crippen LogP contribution in [0.3, 0.4) is 0 Å². The molecular weight excluding hydrogens is 338 g/mol. The molecule has 2 aromatic rings. The zero-order valence-electron chi connectivity index (χ0n) is 16.2. The number of likely N-dealkylation sites (tertiary alicyclic amines) is 1. The lowest BCUT2D eigenvalue weighted by atomic mass is 9.92. The fourth-order valence-corrected chi connectivity index (χ4v) is 3.82. The first-order valence-corrected chi connectivity index (χ1v) is 9.80. The largest absolute Gasteiger partial charge is 0.438 e. The van der Waals surface area contributed by atoms with Crippen molar-refractivity contribution >= 4 is 5.91 Å². The van der Waals surface area contributed by atoms with E-state index in [1.54, 1.807) is 18.3 Å². The van der Waals surface area contributed by atoms with Crippen LogP contribution in [0.2, 0.25) is 0 Å². The van der Waals surface area contributed by atoms with Crippen molar-refractivity contribution in [2.24, 2.45) is 11.8 Å². The summed E-state index contributed by atoms with van der Waals surface area (Å²) in [6.45, 7) is 8.64. The molecule has 3 rings (SSSR count). The quantitative estimate of drug-likeness (QED) is 0.752. The van der Waals surface area contributed by atoms with Gasteiger partial charge in [-0.15, -0.1) is 0 Å². The molecule has 0 aliphatic carbocycles. The Hall–Kier alpha value is -2.40. The van der Waals surface area contributed by atoms with Crippen molar-refractivity contribution in [3.8, 4) is 11.6 Å². The van der Waals surface area contributed by atoms with Crippen LogP contribution in [0.4, 0.5) is 0 Å². The van der Waals surface area contributed by atoms with Crippen molar-refractivity contribution in [1.29, 1.82) is 0 Å². The summed E-state index contributed by atoms with van der Waals surface area (Å²) >= 11 is 0. The lowest BCUT2D eigenvalue weighted by Crippen LogP contribution is -2.40. The minimum atomic E-state index is -0.144. The summed E-state index contributed by atoms with van der Waals surface area (Å²) in [5.41, 5.74) is 0.460. The van der Waals surface area contributed by atoms with Gasteiger partial charge < -0.3 is 15.0 Å². The van der Waals surface area contributed by atoms with E-state index in [-0.39, 0.29) is 5.91 Å². The van der Waals surface area contributed by atoms with Crippen LogP contribution in [0, 0.1) is 11.8 Å². The van der Waals surface area contributed by atoms with Crippen LogP contribution in [0.25, 0.3) is 0 Å². The summed E-state index contributed by atoms with van der Waals surface area (Å²) in [6, 6.07) is 12.9. The number of hydrogen-bond donors (Lipinski definition) is 1. The molecule has 2 atom stereocenters. The highest BCUT2D eigenvalue weighted by atomic mass is 16.5. The Morgan fingerprint density at radius 1 is 1.15 bits per heavy atom. The second-order valence-electron chi connectivity index (χ2n) is 7.59. The predicted octanol–water partition coefficient (Wildman–Crippen LogP) is 3.97. The van der Waals surface area contributed by atoms with Gasteiger partial charge >= 0.3 is 0 Å². The SMILES string of the molecule is CC1CC(C)CN(CCCNC(=O)c2cccnc2Oc2ccccc2)C1. The molecular formula is C22H29N3O2. The molecule has 1 aliphatic heterocycles. The summed E-state index contributed by atoms with van der Waals surface area (Å²) in [7, 11) is 0. The Kier molecular flexibility index (Phi) is 6.82. The molecule has 5 nitrogen and oxygen atoms in total. The van der Waals surface area contributed by atoms with E-state index in [1.807, 2.05) is 30.3 Å². The van der Waals surface area contributed by atoms with E-state index in [2.05, 4.69) is 29.0 Å². The van der Waals surface area contributed by atoms with Gasteiger partial charge in [-0.3, -0.25) is 4.79 Å². The Balaban J connectivity index is 1.50. The van der Waals surface area contributed by atoms with Crippen molar-refractivity contribution in [2.75, 3.05) is 26.2 Å². The first-order valence-electron chi connectivity index (χ1n) is 9.80. The highest BCUT2D eigenvalue weighted by Crippen LogP contribution is 2.23. The number of carbonyl (C=O) groups excluding carboxylic acids is 1. The summed E-state index contributed by atoms with van der Waals surface area (Å²) < 4.78 is 5.78. The number of pyridine rings is 1. The zero-order valence-corrected chi connectivity index (χ0v) is 16.2. The molecule has 0 radical (unpaired) electrons. The van der Waals surface area contributed by atoms with Gasteiger partial charge in [0.25, 0.3) is 5.91 Å².